The lowest BCUT2D eigenvalue weighted by Crippen LogP contribution is -2.31. The SMILES string of the molecule is COc1ccc(CNc2c(C(=O)NCCCN3CCCC3=O)cnc3ccc(C#N)cc23)cc1Cl. The third-order valence-corrected chi connectivity index (χ3v) is 6.28. The molecule has 0 saturated carbocycles. The molecule has 2 heterocycles. The Hall–Kier alpha value is -3.83. The van der Waals surface area contributed by atoms with Crippen LogP contribution < -0.4 is 15.4 Å². The van der Waals surface area contributed by atoms with E-state index in [0.29, 0.717) is 71.0 Å². The molecule has 0 unspecified atom stereocenters. The number of hydrogen-bond acceptors (Lipinski definition) is 6. The summed E-state index contributed by atoms with van der Waals surface area (Å²) >= 11 is 6.27. The maximum Gasteiger partial charge on any atom is 0.254 e. The third kappa shape index (κ3) is 5.64. The number of methoxy groups -OCH3 is 1. The van der Waals surface area contributed by atoms with Crippen LogP contribution in [0.25, 0.3) is 10.9 Å². The summed E-state index contributed by atoms with van der Waals surface area (Å²) in [6.07, 6.45) is 3.71. The summed E-state index contributed by atoms with van der Waals surface area (Å²) in [5.74, 6) is 0.484. The quantitative estimate of drug-likeness (QED) is 0.436. The lowest BCUT2D eigenvalue weighted by Gasteiger charge is -2.17. The molecule has 0 radical (unpaired) electrons. The first kappa shape index (κ1) is 24.3. The summed E-state index contributed by atoms with van der Waals surface area (Å²) in [5, 5.41) is 16.8. The molecule has 1 aliphatic rings. The number of aromatic nitrogens is 1. The fourth-order valence-corrected chi connectivity index (χ4v) is 4.42. The Labute approximate surface area is 208 Å². The van der Waals surface area contributed by atoms with Crippen LogP contribution in [0.1, 0.15) is 40.7 Å². The number of nitriles is 1. The molecule has 3 aromatic rings. The highest BCUT2D eigenvalue weighted by atomic mass is 35.5. The van der Waals surface area contributed by atoms with Crippen molar-refractivity contribution in [1.82, 2.24) is 15.2 Å². The van der Waals surface area contributed by atoms with Gasteiger partial charge in [0.15, 0.2) is 0 Å². The number of fused-ring (bicyclic) bond motifs is 1. The molecule has 1 aliphatic heterocycles. The number of nitrogens with zero attached hydrogens (tertiary/aromatic N) is 3. The molecule has 8 nitrogen and oxygen atoms in total. The van der Waals surface area contributed by atoms with Gasteiger partial charge in [-0.3, -0.25) is 14.6 Å². The van der Waals surface area contributed by atoms with Crippen LogP contribution in [0.5, 0.6) is 5.75 Å². The van der Waals surface area contributed by atoms with Crippen LogP contribution in [0.2, 0.25) is 5.02 Å². The van der Waals surface area contributed by atoms with Crippen molar-refractivity contribution in [2.75, 3.05) is 32.1 Å². The molecule has 1 saturated heterocycles. The minimum Gasteiger partial charge on any atom is -0.495 e. The number of amides is 2. The van der Waals surface area contributed by atoms with E-state index in [0.717, 1.165) is 18.5 Å². The van der Waals surface area contributed by atoms with Crippen molar-refractivity contribution in [3.63, 3.8) is 0 Å². The summed E-state index contributed by atoms with van der Waals surface area (Å²) in [7, 11) is 1.56. The molecule has 9 heteroatoms. The fraction of sp³-hybridized carbons (Fsp3) is 0.308. The number of carbonyl (C=O) groups is 2. The lowest BCUT2D eigenvalue weighted by molar-refractivity contribution is -0.127. The van der Waals surface area contributed by atoms with Gasteiger partial charge in [-0.2, -0.15) is 5.26 Å². The Morgan fingerprint density at radius 3 is 2.86 bits per heavy atom. The highest BCUT2D eigenvalue weighted by Crippen LogP contribution is 2.29. The molecule has 2 amide bonds. The fourth-order valence-electron chi connectivity index (χ4n) is 4.14. The summed E-state index contributed by atoms with van der Waals surface area (Å²) < 4.78 is 5.22. The highest BCUT2D eigenvalue weighted by molar-refractivity contribution is 6.32. The molecule has 0 atom stereocenters. The van der Waals surface area contributed by atoms with Gasteiger partial charge < -0.3 is 20.3 Å². The Morgan fingerprint density at radius 2 is 2.14 bits per heavy atom. The number of hydrogen-bond donors (Lipinski definition) is 2. The summed E-state index contributed by atoms with van der Waals surface area (Å²) in [6, 6.07) is 12.8. The maximum atomic E-state index is 13.1. The van der Waals surface area contributed by atoms with E-state index in [9.17, 15) is 14.9 Å². The van der Waals surface area contributed by atoms with E-state index in [1.165, 1.54) is 6.20 Å². The Morgan fingerprint density at radius 1 is 1.29 bits per heavy atom. The van der Waals surface area contributed by atoms with Crippen molar-refractivity contribution >= 4 is 40.0 Å². The van der Waals surface area contributed by atoms with Crippen LogP contribution >= 0.6 is 11.6 Å². The first-order valence-electron chi connectivity index (χ1n) is 11.5. The van der Waals surface area contributed by atoms with Crippen LogP contribution in [-0.2, 0) is 11.3 Å². The van der Waals surface area contributed by atoms with E-state index in [4.69, 9.17) is 16.3 Å². The normalized spacial score (nSPS) is 13.1. The van der Waals surface area contributed by atoms with E-state index in [2.05, 4.69) is 21.7 Å². The van der Waals surface area contributed by atoms with Crippen LogP contribution in [0.4, 0.5) is 5.69 Å². The molecule has 0 aliphatic carbocycles. The largest absolute Gasteiger partial charge is 0.495 e. The number of pyridine rings is 1. The van der Waals surface area contributed by atoms with Gasteiger partial charge in [-0.1, -0.05) is 17.7 Å². The molecule has 2 aromatic carbocycles. The van der Waals surface area contributed by atoms with E-state index in [1.807, 2.05) is 11.0 Å². The number of nitrogens with one attached hydrogen (secondary N) is 2. The van der Waals surface area contributed by atoms with Gasteiger partial charge in [-0.15, -0.1) is 0 Å². The first-order valence-corrected chi connectivity index (χ1v) is 11.8. The van der Waals surface area contributed by atoms with Gasteiger partial charge in [-0.05, 0) is 48.7 Å². The zero-order valence-corrected chi connectivity index (χ0v) is 20.2. The zero-order valence-electron chi connectivity index (χ0n) is 19.4. The monoisotopic (exact) mass is 491 g/mol. The predicted octanol–water partition coefficient (Wildman–Crippen LogP) is 4.12. The van der Waals surface area contributed by atoms with Gasteiger partial charge in [0.05, 0.1) is 40.5 Å². The molecule has 1 aromatic heterocycles. The second-order valence-electron chi connectivity index (χ2n) is 8.31. The van der Waals surface area contributed by atoms with Gasteiger partial charge >= 0.3 is 0 Å². The molecule has 180 valence electrons. The number of likely N-dealkylation sites (tertiary alicyclic amines) is 1. The Kier molecular flexibility index (Phi) is 7.68. The minimum atomic E-state index is -0.273. The summed E-state index contributed by atoms with van der Waals surface area (Å²) in [6.45, 7) is 2.25. The van der Waals surface area contributed by atoms with Gasteiger partial charge in [0, 0.05) is 44.2 Å². The average molecular weight is 492 g/mol. The molecule has 1 fully saturated rings. The minimum absolute atomic E-state index is 0.175. The second-order valence-corrected chi connectivity index (χ2v) is 8.71. The summed E-state index contributed by atoms with van der Waals surface area (Å²) in [5.41, 5.74) is 3.01. The standard InChI is InChI=1S/C26H26ClN5O3/c1-35-23-8-6-18(13-21(23)27)15-31-25-19-12-17(14-28)5-7-22(19)30-16-20(25)26(34)29-9-3-11-32-10-2-4-24(32)33/h5-8,12-13,16H,2-4,9-11,15H2,1H3,(H,29,34)(H,30,31). The number of anilines is 1. The third-order valence-electron chi connectivity index (χ3n) is 5.99. The average Bonchev–Trinajstić information content (AvgIpc) is 3.29. The highest BCUT2D eigenvalue weighted by Gasteiger charge is 2.20. The molecular formula is C26H26ClN5O3. The van der Waals surface area contributed by atoms with Gasteiger partial charge in [-0.25, -0.2) is 0 Å². The Balaban J connectivity index is 1.54. The van der Waals surface area contributed by atoms with Crippen molar-refractivity contribution in [3.8, 4) is 11.8 Å². The number of carbonyl (C=O) groups excluding carboxylic acids is 2. The van der Waals surface area contributed by atoms with Gasteiger partial charge in [0.25, 0.3) is 5.91 Å². The van der Waals surface area contributed by atoms with Crippen LogP contribution in [-0.4, -0.2) is 48.4 Å². The van der Waals surface area contributed by atoms with Crippen molar-refractivity contribution in [2.24, 2.45) is 0 Å². The molecule has 0 spiro atoms. The van der Waals surface area contributed by atoms with E-state index >= 15 is 0 Å². The second kappa shape index (κ2) is 11.1. The number of halogens is 1. The topological polar surface area (TPSA) is 107 Å². The molecule has 4 rings (SSSR count). The van der Waals surface area contributed by atoms with E-state index in [1.54, 1.807) is 37.4 Å². The first-order chi connectivity index (χ1) is 17.0. The number of ether oxygens (including phenoxy) is 1. The maximum absolute atomic E-state index is 13.1. The number of rotatable bonds is 9. The molecular weight excluding hydrogens is 466 g/mol. The zero-order chi connectivity index (χ0) is 24.8. The Bertz CT molecular complexity index is 1300. The van der Waals surface area contributed by atoms with Crippen LogP contribution in [0.3, 0.4) is 0 Å². The predicted molar refractivity (Wildman–Crippen MR) is 135 cm³/mol. The van der Waals surface area contributed by atoms with Crippen molar-refractivity contribution in [2.45, 2.75) is 25.8 Å². The van der Waals surface area contributed by atoms with E-state index < -0.39 is 0 Å². The van der Waals surface area contributed by atoms with Crippen molar-refractivity contribution < 1.29 is 14.3 Å². The number of benzene rings is 2. The smallest absolute Gasteiger partial charge is 0.254 e. The van der Waals surface area contributed by atoms with Crippen molar-refractivity contribution in [1.29, 1.82) is 5.26 Å². The van der Waals surface area contributed by atoms with Crippen LogP contribution in [0, 0.1) is 11.3 Å². The molecule has 0 bridgehead atoms. The van der Waals surface area contributed by atoms with Crippen LogP contribution in [0.15, 0.2) is 42.6 Å². The molecule has 2 N–H and O–H groups in total. The van der Waals surface area contributed by atoms with Gasteiger partial charge in [0.2, 0.25) is 5.91 Å². The van der Waals surface area contributed by atoms with Crippen molar-refractivity contribution in [3.05, 3.63) is 64.3 Å². The van der Waals surface area contributed by atoms with E-state index in [-0.39, 0.29) is 11.8 Å². The summed E-state index contributed by atoms with van der Waals surface area (Å²) in [4.78, 5) is 31.1. The molecule has 35 heavy (non-hydrogen) atoms. The lowest BCUT2D eigenvalue weighted by atomic mass is 10.1. The van der Waals surface area contributed by atoms with Gasteiger partial charge in [0.1, 0.15) is 5.75 Å².